The van der Waals surface area contributed by atoms with E-state index in [9.17, 15) is 14.4 Å². The first-order chi connectivity index (χ1) is 19.8. The number of hydrogen-bond donors (Lipinski definition) is 2. The number of carbonyl (C=O) groups is 3. The van der Waals surface area contributed by atoms with E-state index in [4.69, 9.17) is 14.0 Å². The maximum absolute atomic E-state index is 13.3. The summed E-state index contributed by atoms with van der Waals surface area (Å²) in [5.74, 6) is -1.27. The lowest BCUT2D eigenvalue weighted by Gasteiger charge is -2.31. The number of pyridine rings is 1. The number of nitrogens with zero attached hydrogens (tertiary/aromatic N) is 2. The third kappa shape index (κ3) is 7.56. The molecule has 0 spiro atoms. The standard InChI is InChI=1S/C31H37BrN4O6/c1-17-24(34-28(37)21-12-7-8-13-22(21)29(38)41-31(4,5)6)15-16-25(33-17)27-26(18(2)36-42-27)35-30(39)40-19(3)20-11-9-10-14-23(20)32/h9-11,14-16,19,21-22H,7-8,12-13H2,1-6H3,(H,34,37)(H,35,39)/t19-,21+,22+/m1/s1. The second-order valence-corrected chi connectivity index (χ2v) is 12.4. The van der Waals surface area contributed by atoms with Crippen LogP contribution in [-0.2, 0) is 19.1 Å². The van der Waals surface area contributed by atoms with Crippen LogP contribution in [0.1, 0.15) is 76.4 Å². The molecule has 0 saturated heterocycles. The molecule has 4 rings (SSSR count). The molecule has 2 aromatic heterocycles. The van der Waals surface area contributed by atoms with Crippen LogP contribution in [0, 0.1) is 25.7 Å². The molecule has 1 aliphatic rings. The lowest BCUT2D eigenvalue weighted by atomic mass is 9.78. The average Bonchev–Trinajstić information content (AvgIpc) is 3.28. The largest absolute Gasteiger partial charge is 0.460 e. The molecule has 1 aliphatic carbocycles. The van der Waals surface area contributed by atoms with Crippen LogP contribution in [0.25, 0.3) is 11.5 Å². The number of halogens is 1. The summed E-state index contributed by atoms with van der Waals surface area (Å²) in [6, 6.07) is 10.9. The number of hydrogen-bond acceptors (Lipinski definition) is 8. The summed E-state index contributed by atoms with van der Waals surface area (Å²) in [6.07, 6.45) is 1.81. The highest BCUT2D eigenvalue weighted by molar-refractivity contribution is 9.10. The minimum atomic E-state index is -0.668. The summed E-state index contributed by atoms with van der Waals surface area (Å²) >= 11 is 3.48. The lowest BCUT2D eigenvalue weighted by molar-refractivity contribution is -0.164. The van der Waals surface area contributed by atoms with Gasteiger partial charge in [-0.2, -0.15) is 0 Å². The van der Waals surface area contributed by atoms with Crippen LogP contribution in [0.15, 0.2) is 45.4 Å². The van der Waals surface area contributed by atoms with Crippen LogP contribution in [0.3, 0.4) is 0 Å². The van der Waals surface area contributed by atoms with Crippen molar-refractivity contribution in [3.8, 4) is 11.5 Å². The van der Waals surface area contributed by atoms with Crippen molar-refractivity contribution in [1.29, 1.82) is 0 Å². The van der Waals surface area contributed by atoms with E-state index in [2.05, 4.69) is 36.7 Å². The summed E-state index contributed by atoms with van der Waals surface area (Å²) < 4.78 is 17.5. The van der Waals surface area contributed by atoms with Gasteiger partial charge in [0.15, 0.2) is 0 Å². The Morgan fingerprint density at radius 1 is 1.00 bits per heavy atom. The van der Waals surface area contributed by atoms with Crippen LogP contribution in [0.4, 0.5) is 16.2 Å². The van der Waals surface area contributed by atoms with E-state index >= 15 is 0 Å². The Hall–Kier alpha value is -3.73. The summed E-state index contributed by atoms with van der Waals surface area (Å²) in [5, 5.41) is 9.69. The van der Waals surface area contributed by atoms with E-state index in [1.165, 1.54) is 0 Å². The van der Waals surface area contributed by atoms with Crippen LogP contribution in [0.2, 0.25) is 0 Å². The number of anilines is 2. The van der Waals surface area contributed by atoms with E-state index in [0.29, 0.717) is 41.3 Å². The number of aromatic nitrogens is 2. The van der Waals surface area contributed by atoms with Gasteiger partial charge in [0.1, 0.15) is 28.8 Å². The van der Waals surface area contributed by atoms with Crippen molar-refractivity contribution in [2.24, 2.45) is 11.8 Å². The predicted octanol–water partition coefficient (Wildman–Crippen LogP) is 7.51. The maximum Gasteiger partial charge on any atom is 0.412 e. The minimum absolute atomic E-state index is 0.233. The molecular formula is C31H37BrN4O6. The molecule has 224 valence electrons. The zero-order valence-electron chi connectivity index (χ0n) is 24.7. The fourth-order valence-electron chi connectivity index (χ4n) is 5.00. The van der Waals surface area contributed by atoms with Gasteiger partial charge in [-0.3, -0.25) is 14.9 Å². The lowest BCUT2D eigenvalue weighted by Crippen LogP contribution is -2.39. The van der Waals surface area contributed by atoms with E-state index < -0.39 is 29.6 Å². The quantitative estimate of drug-likeness (QED) is 0.253. The molecule has 10 nitrogen and oxygen atoms in total. The number of carbonyl (C=O) groups excluding carboxylic acids is 3. The molecule has 1 saturated carbocycles. The van der Waals surface area contributed by atoms with Crippen LogP contribution < -0.4 is 10.6 Å². The van der Waals surface area contributed by atoms with E-state index in [1.807, 2.05) is 45.0 Å². The van der Waals surface area contributed by atoms with E-state index in [-0.39, 0.29) is 17.6 Å². The molecule has 11 heteroatoms. The number of esters is 1. The molecule has 1 aromatic carbocycles. The Labute approximate surface area is 254 Å². The minimum Gasteiger partial charge on any atom is -0.460 e. The van der Waals surface area contributed by atoms with Crippen LogP contribution in [0.5, 0.6) is 0 Å². The average molecular weight is 642 g/mol. The van der Waals surface area contributed by atoms with Crippen molar-refractivity contribution in [3.63, 3.8) is 0 Å². The zero-order chi connectivity index (χ0) is 30.6. The monoisotopic (exact) mass is 640 g/mol. The SMILES string of the molecule is Cc1nc(-c2onc(C)c2NC(=O)O[C@H](C)c2ccccc2Br)ccc1NC(=O)[C@H]1CCCC[C@@H]1C(=O)OC(C)(C)C. The van der Waals surface area contributed by atoms with Crippen molar-refractivity contribution in [2.45, 2.75) is 78.9 Å². The number of benzene rings is 1. The first-order valence-electron chi connectivity index (χ1n) is 14.0. The molecule has 2 N–H and O–H groups in total. The van der Waals surface area contributed by atoms with Crippen molar-refractivity contribution in [1.82, 2.24) is 10.1 Å². The molecule has 0 bridgehead atoms. The van der Waals surface area contributed by atoms with Gasteiger partial charge in [-0.05, 0) is 72.6 Å². The van der Waals surface area contributed by atoms with Gasteiger partial charge in [-0.1, -0.05) is 52.1 Å². The Morgan fingerprint density at radius 2 is 1.69 bits per heavy atom. The van der Waals surface area contributed by atoms with Crippen molar-refractivity contribution < 1.29 is 28.4 Å². The molecule has 0 radical (unpaired) electrons. The summed E-state index contributed by atoms with van der Waals surface area (Å²) in [6.45, 7) is 10.7. The topological polar surface area (TPSA) is 133 Å². The number of aryl methyl sites for hydroxylation is 2. The Kier molecular flexibility index (Phi) is 9.71. The number of rotatable bonds is 7. The van der Waals surface area contributed by atoms with Gasteiger partial charge in [-0.15, -0.1) is 0 Å². The fourth-order valence-corrected chi connectivity index (χ4v) is 5.61. The molecule has 3 atom stereocenters. The molecule has 1 fully saturated rings. The van der Waals surface area contributed by atoms with Gasteiger partial charge in [0.25, 0.3) is 0 Å². The molecule has 2 heterocycles. The van der Waals surface area contributed by atoms with Crippen molar-refractivity contribution in [2.75, 3.05) is 10.6 Å². The normalized spacial score (nSPS) is 17.7. The molecule has 0 unspecified atom stereocenters. The maximum atomic E-state index is 13.3. The Bertz CT molecular complexity index is 1460. The number of nitrogens with one attached hydrogen (secondary N) is 2. The Balaban J connectivity index is 1.46. The van der Waals surface area contributed by atoms with Gasteiger partial charge in [0, 0.05) is 10.0 Å². The summed E-state index contributed by atoms with van der Waals surface area (Å²) in [7, 11) is 0. The molecule has 3 aromatic rings. The highest BCUT2D eigenvalue weighted by Crippen LogP contribution is 2.35. The zero-order valence-corrected chi connectivity index (χ0v) is 26.3. The van der Waals surface area contributed by atoms with Gasteiger partial charge in [0.2, 0.25) is 11.7 Å². The number of ether oxygens (including phenoxy) is 2. The molecule has 2 amide bonds. The van der Waals surface area contributed by atoms with Crippen molar-refractivity contribution in [3.05, 3.63) is 57.8 Å². The van der Waals surface area contributed by atoms with Gasteiger partial charge < -0.3 is 19.3 Å². The highest BCUT2D eigenvalue weighted by atomic mass is 79.9. The van der Waals surface area contributed by atoms with Crippen molar-refractivity contribution >= 4 is 45.3 Å². The summed E-state index contributed by atoms with van der Waals surface area (Å²) in [4.78, 5) is 43.5. The van der Waals surface area contributed by atoms with Gasteiger partial charge in [-0.25, -0.2) is 9.78 Å². The first kappa shape index (κ1) is 31.2. The molecule has 0 aliphatic heterocycles. The third-order valence-corrected chi connectivity index (χ3v) is 7.83. The van der Waals surface area contributed by atoms with E-state index in [0.717, 1.165) is 22.9 Å². The second kappa shape index (κ2) is 13.1. The third-order valence-electron chi connectivity index (χ3n) is 7.11. The van der Waals surface area contributed by atoms with Crippen LogP contribution in [-0.4, -0.2) is 33.7 Å². The highest BCUT2D eigenvalue weighted by Gasteiger charge is 2.38. The second-order valence-electron chi connectivity index (χ2n) is 11.5. The summed E-state index contributed by atoms with van der Waals surface area (Å²) in [5.41, 5.74) is 2.48. The molecule has 42 heavy (non-hydrogen) atoms. The first-order valence-corrected chi connectivity index (χ1v) is 14.8. The molecular weight excluding hydrogens is 604 g/mol. The number of amides is 2. The predicted molar refractivity (Wildman–Crippen MR) is 162 cm³/mol. The Morgan fingerprint density at radius 3 is 2.36 bits per heavy atom. The van der Waals surface area contributed by atoms with Crippen LogP contribution >= 0.6 is 15.9 Å². The van der Waals surface area contributed by atoms with Gasteiger partial charge in [0.05, 0.1) is 23.2 Å². The smallest absolute Gasteiger partial charge is 0.412 e. The van der Waals surface area contributed by atoms with E-state index in [1.54, 1.807) is 32.9 Å². The fraction of sp³-hybridized carbons (Fsp3) is 0.452. The van der Waals surface area contributed by atoms with Gasteiger partial charge >= 0.3 is 12.1 Å².